The van der Waals surface area contributed by atoms with E-state index in [-0.39, 0.29) is 11.6 Å². The van der Waals surface area contributed by atoms with Crippen LogP contribution in [0.15, 0.2) is 71.9 Å². The number of rotatable bonds is 3. The summed E-state index contributed by atoms with van der Waals surface area (Å²) in [5, 5.41) is 4.76. The van der Waals surface area contributed by atoms with Gasteiger partial charge >= 0.3 is 0 Å². The molecule has 0 amide bonds. The molecule has 0 aliphatic carbocycles. The zero-order valence-electron chi connectivity index (χ0n) is 16.7. The van der Waals surface area contributed by atoms with Gasteiger partial charge in [-0.3, -0.25) is 9.36 Å². The number of hydrogen-bond donors (Lipinski definition) is 1. The molecule has 0 aliphatic rings. The Kier molecular flexibility index (Phi) is 5.03. The fourth-order valence-corrected chi connectivity index (χ4v) is 3.41. The number of fused-ring (bicyclic) bond motifs is 1. The monoisotopic (exact) mass is 382 g/mol. The third-order valence-electron chi connectivity index (χ3n) is 5.11. The van der Waals surface area contributed by atoms with Crippen LogP contribution >= 0.6 is 0 Å². The summed E-state index contributed by atoms with van der Waals surface area (Å²) in [5.41, 5.74) is 3.19. The topological polar surface area (TPSA) is 51.9 Å². The highest BCUT2D eigenvalue weighted by atomic mass is 16.1. The number of imidazole rings is 1. The quantitative estimate of drug-likeness (QED) is 0.553. The number of nitrogens with zero attached hydrogens (tertiary/aromatic N) is 3. The van der Waals surface area contributed by atoms with Gasteiger partial charge in [-0.1, -0.05) is 36.3 Å². The Balaban J connectivity index is 2.01. The van der Waals surface area contributed by atoms with Gasteiger partial charge in [-0.25, -0.2) is 4.98 Å². The number of aryl methyl sites for hydroxylation is 1. The van der Waals surface area contributed by atoms with E-state index in [9.17, 15) is 4.79 Å². The van der Waals surface area contributed by atoms with Crippen molar-refractivity contribution in [3.8, 4) is 17.5 Å². The summed E-state index contributed by atoms with van der Waals surface area (Å²) in [7, 11) is 3.79. The zero-order chi connectivity index (χ0) is 20.4. The van der Waals surface area contributed by atoms with Crippen molar-refractivity contribution in [3.63, 3.8) is 0 Å². The molecule has 0 saturated carbocycles. The molecular formula is C24H22N4O. The van der Waals surface area contributed by atoms with Crippen molar-refractivity contribution < 1.29 is 0 Å². The molecule has 2 aromatic heterocycles. The molecule has 0 spiro atoms. The highest BCUT2D eigenvalue weighted by molar-refractivity contribution is 5.88. The van der Waals surface area contributed by atoms with Crippen LogP contribution in [0.1, 0.15) is 29.9 Å². The zero-order valence-corrected chi connectivity index (χ0v) is 16.7. The normalized spacial score (nSPS) is 11.8. The maximum Gasteiger partial charge on any atom is 0.264 e. The van der Waals surface area contributed by atoms with Gasteiger partial charge in [-0.05, 0) is 49.5 Å². The Labute approximate surface area is 169 Å². The van der Waals surface area contributed by atoms with Gasteiger partial charge in [0.2, 0.25) is 0 Å². The van der Waals surface area contributed by atoms with Gasteiger partial charge in [-0.2, -0.15) is 0 Å². The van der Waals surface area contributed by atoms with E-state index in [0.717, 1.165) is 22.5 Å². The maximum atomic E-state index is 13.7. The lowest BCUT2D eigenvalue weighted by molar-refractivity contribution is 0.612. The molecule has 5 nitrogen and oxygen atoms in total. The van der Waals surface area contributed by atoms with E-state index >= 15 is 0 Å². The number of pyridine rings is 1. The van der Waals surface area contributed by atoms with Crippen LogP contribution in [0, 0.1) is 11.8 Å². The average Bonchev–Trinajstić information content (AvgIpc) is 3.16. The molecule has 2 aromatic carbocycles. The highest BCUT2D eigenvalue weighted by Crippen LogP contribution is 2.22. The standard InChI is InChI=1S/C24H22N4O/c1-17(25-2)22-14-19-9-7-8-18(12-13-21-15-26-16-27(21)3)23(19)24(29)28(22)20-10-5-4-6-11-20/h4-11,14-17,25H,1-3H3/t17-/m1/s1. The van der Waals surface area contributed by atoms with Crippen molar-refractivity contribution in [2.75, 3.05) is 7.05 Å². The second-order valence-corrected chi connectivity index (χ2v) is 6.97. The first kappa shape index (κ1) is 18.7. The summed E-state index contributed by atoms with van der Waals surface area (Å²) in [6, 6.07) is 17.6. The molecule has 4 aromatic rings. The van der Waals surface area contributed by atoms with Gasteiger partial charge < -0.3 is 9.88 Å². The van der Waals surface area contributed by atoms with Crippen LogP contribution in [0.5, 0.6) is 0 Å². The van der Waals surface area contributed by atoms with E-state index in [4.69, 9.17) is 0 Å². The van der Waals surface area contributed by atoms with Crippen molar-refractivity contribution in [1.82, 2.24) is 19.4 Å². The van der Waals surface area contributed by atoms with Crippen LogP contribution in [0.25, 0.3) is 16.5 Å². The van der Waals surface area contributed by atoms with Crippen LogP contribution in [0.4, 0.5) is 0 Å². The number of benzene rings is 2. The molecular weight excluding hydrogens is 360 g/mol. The lowest BCUT2D eigenvalue weighted by Crippen LogP contribution is -2.27. The lowest BCUT2D eigenvalue weighted by atomic mass is 10.0. The molecule has 1 atom stereocenters. The first-order valence-corrected chi connectivity index (χ1v) is 9.50. The number of nitrogens with one attached hydrogen (secondary N) is 1. The fourth-order valence-electron chi connectivity index (χ4n) is 3.41. The molecule has 144 valence electrons. The Bertz CT molecular complexity index is 1290. The third-order valence-corrected chi connectivity index (χ3v) is 5.11. The smallest absolute Gasteiger partial charge is 0.264 e. The minimum Gasteiger partial charge on any atom is -0.327 e. The van der Waals surface area contributed by atoms with Crippen LogP contribution in [0.3, 0.4) is 0 Å². The van der Waals surface area contributed by atoms with Gasteiger partial charge in [0.1, 0.15) is 5.69 Å². The number of hydrogen-bond acceptors (Lipinski definition) is 3. The molecule has 0 fully saturated rings. The second-order valence-electron chi connectivity index (χ2n) is 6.97. The molecule has 2 heterocycles. The molecule has 1 N–H and O–H groups in total. The minimum atomic E-state index is -0.0688. The van der Waals surface area contributed by atoms with Crippen LogP contribution in [0.2, 0.25) is 0 Å². The maximum absolute atomic E-state index is 13.7. The number of aromatic nitrogens is 3. The lowest BCUT2D eigenvalue weighted by Gasteiger charge is -2.19. The van der Waals surface area contributed by atoms with E-state index < -0.39 is 0 Å². The summed E-state index contributed by atoms with van der Waals surface area (Å²) in [6.07, 6.45) is 3.42. The van der Waals surface area contributed by atoms with Gasteiger partial charge in [0.25, 0.3) is 5.56 Å². The largest absolute Gasteiger partial charge is 0.327 e. The Hall–Kier alpha value is -3.62. The van der Waals surface area contributed by atoms with Crippen molar-refractivity contribution in [1.29, 1.82) is 0 Å². The summed E-state index contributed by atoms with van der Waals surface area (Å²) in [4.78, 5) is 17.8. The van der Waals surface area contributed by atoms with Crippen LogP contribution in [-0.2, 0) is 7.05 Å². The predicted octanol–water partition coefficient (Wildman–Crippen LogP) is 3.40. The summed E-state index contributed by atoms with van der Waals surface area (Å²) in [5.74, 6) is 6.30. The molecule has 5 heteroatoms. The van der Waals surface area contributed by atoms with E-state index in [1.165, 1.54) is 0 Å². The first-order valence-electron chi connectivity index (χ1n) is 9.50. The van der Waals surface area contributed by atoms with Crippen molar-refractivity contribution in [3.05, 3.63) is 94.4 Å². The van der Waals surface area contributed by atoms with Gasteiger partial charge in [0, 0.05) is 30.0 Å². The summed E-state index contributed by atoms with van der Waals surface area (Å²) in [6.45, 7) is 2.05. The molecule has 0 unspecified atom stereocenters. The number of para-hydroxylation sites is 1. The molecule has 0 bridgehead atoms. The van der Waals surface area contributed by atoms with Gasteiger partial charge in [0.15, 0.2) is 0 Å². The highest BCUT2D eigenvalue weighted by Gasteiger charge is 2.16. The van der Waals surface area contributed by atoms with Crippen molar-refractivity contribution >= 4 is 10.8 Å². The Morgan fingerprint density at radius 1 is 1.07 bits per heavy atom. The summed E-state index contributed by atoms with van der Waals surface area (Å²) >= 11 is 0. The Morgan fingerprint density at radius 2 is 1.86 bits per heavy atom. The second kappa shape index (κ2) is 7.78. The molecule has 0 saturated heterocycles. The summed E-state index contributed by atoms with van der Waals surface area (Å²) < 4.78 is 3.63. The molecule has 0 radical (unpaired) electrons. The van der Waals surface area contributed by atoms with E-state index in [2.05, 4.69) is 28.2 Å². The van der Waals surface area contributed by atoms with E-state index in [1.54, 1.807) is 17.1 Å². The molecule has 29 heavy (non-hydrogen) atoms. The van der Waals surface area contributed by atoms with Crippen LogP contribution in [-0.4, -0.2) is 21.2 Å². The minimum absolute atomic E-state index is 0.0106. The van der Waals surface area contributed by atoms with Crippen LogP contribution < -0.4 is 10.9 Å². The molecule has 0 aliphatic heterocycles. The van der Waals surface area contributed by atoms with Gasteiger partial charge in [0.05, 0.1) is 17.9 Å². The van der Waals surface area contributed by atoms with Gasteiger partial charge in [-0.15, -0.1) is 0 Å². The van der Waals surface area contributed by atoms with E-state index in [1.807, 2.05) is 74.1 Å². The third kappa shape index (κ3) is 3.46. The first-order chi connectivity index (χ1) is 14.1. The fraction of sp³-hybridized carbons (Fsp3) is 0.167. The Morgan fingerprint density at radius 3 is 2.55 bits per heavy atom. The van der Waals surface area contributed by atoms with Crippen molar-refractivity contribution in [2.24, 2.45) is 7.05 Å². The SMILES string of the molecule is CN[C@H](C)c1cc2cccc(C#Cc3cncn3C)c2c(=O)n1-c1ccccc1. The average molecular weight is 382 g/mol. The predicted molar refractivity (Wildman–Crippen MR) is 116 cm³/mol. The molecule has 4 rings (SSSR count). The van der Waals surface area contributed by atoms with Crippen molar-refractivity contribution in [2.45, 2.75) is 13.0 Å². The van der Waals surface area contributed by atoms with E-state index in [0.29, 0.717) is 10.9 Å².